The van der Waals surface area contributed by atoms with Crippen molar-refractivity contribution in [3.63, 3.8) is 0 Å². The molecule has 0 atom stereocenters. The fourth-order valence-electron chi connectivity index (χ4n) is 1.68. The molecule has 1 aromatic heterocycles. The predicted molar refractivity (Wildman–Crippen MR) is 87.1 cm³/mol. The Kier molecular flexibility index (Phi) is 6.42. The number of thiazole rings is 1. The molecule has 2 rings (SSSR count). The molecule has 0 saturated carbocycles. The topological polar surface area (TPSA) is 68.3 Å². The monoisotopic (exact) mass is 336 g/mol. The summed E-state index contributed by atoms with van der Waals surface area (Å²) in [6.07, 6.45) is 0. The molecule has 1 N–H and O–H groups in total. The molecule has 0 spiro atoms. The Morgan fingerprint density at radius 2 is 2.18 bits per heavy atom. The second-order valence-electron chi connectivity index (χ2n) is 4.29. The Morgan fingerprint density at radius 1 is 1.36 bits per heavy atom. The smallest absolute Gasteiger partial charge is 0.339 e. The van der Waals surface area contributed by atoms with Crippen LogP contribution in [0.4, 0.5) is 0 Å². The summed E-state index contributed by atoms with van der Waals surface area (Å²) in [4.78, 5) is 28.5. The molecule has 5 nitrogen and oxygen atoms in total. The number of nitrogens with one attached hydrogen (secondary N) is 1. The van der Waals surface area contributed by atoms with Gasteiger partial charge >= 0.3 is 5.97 Å². The molecule has 1 heterocycles. The highest BCUT2D eigenvalue weighted by molar-refractivity contribution is 7.98. The van der Waals surface area contributed by atoms with E-state index in [1.54, 1.807) is 29.0 Å². The number of rotatable bonds is 7. The van der Waals surface area contributed by atoms with Crippen LogP contribution in [0, 0.1) is 0 Å². The van der Waals surface area contributed by atoms with Crippen molar-refractivity contribution >= 4 is 35.0 Å². The lowest BCUT2D eigenvalue weighted by atomic mass is 10.2. The lowest BCUT2D eigenvalue weighted by molar-refractivity contribution is -0.124. The standard InChI is InChI=1S/C15H16N2O3S2/c1-2-16-14(18)7-20-15(19)12-5-3-4-6-13(12)22-9-11-8-21-10-17-11/h3-6,8,10H,2,7,9H2,1H3,(H,16,18). The van der Waals surface area contributed by atoms with E-state index in [1.807, 2.05) is 24.4 Å². The van der Waals surface area contributed by atoms with E-state index in [2.05, 4.69) is 10.3 Å². The molecule has 2 aromatic rings. The summed E-state index contributed by atoms with van der Waals surface area (Å²) in [6.45, 7) is 2.05. The van der Waals surface area contributed by atoms with Crippen LogP contribution in [-0.4, -0.2) is 30.0 Å². The summed E-state index contributed by atoms with van der Waals surface area (Å²) in [5.74, 6) is -0.111. The van der Waals surface area contributed by atoms with E-state index in [0.29, 0.717) is 17.9 Å². The lowest BCUT2D eigenvalue weighted by Crippen LogP contribution is -2.28. The van der Waals surface area contributed by atoms with E-state index >= 15 is 0 Å². The number of benzene rings is 1. The van der Waals surface area contributed by atoms with Gasteiger partial charge in [-0.1, -0.05) is 12.1 Å². The third kappa shape index (κ3) is 4.85. The number of carbonyl (C=O) groups excluding carboxylic acids is 2. The summed E-state index contributed by atoms with van der Waals surface area (Å²) in [5.41, 5.74) is 3.22. The first kappa shape index (κ1) is 16.5. The van der Waals surface area contributed by atoms with Gasteiger partial charge in [-0.25, -0.2) is 9.78 Å². The van der Waals surface area contributed by atoms with Crippen LogP contribution in [0.25, 0.3) is 0 Å². The quantitative estimate of drug-likeness (QED) is 0.622. The number of thioether (sulfide) groups is 1. The number of hydrogen-bond acceptors (Lipinski definition) is 6. The third-order valence-electron chi connectivity index (χ3n) is 2.67. The SMILES string of the molecule is CCNC(=O)COC(=O)c1ccccc1SCc1cscn1. The molecule has 0 aliphatic carbocycles. The summed E-state index contributed by atoms with van der Waals surface area (Å²) < 4.78 is 5.04. The van der Waals surface area contributed by atoms with Gasteiger partial charge < -0.3 is 10.1 Å². The molecule has 0 bridgehead atoms. The van der Waals surface area contributed by atoms with Gasteiger partial charge in [-0.2, -0.15) is 0 Å². The number of hydrogen-bond donors (Lipinski definition) is 1. The number of aromatic nitrogens is 1. The van der Waals surface area contributed by atoms with Crippen LogP contribution < -0.4 is 5.32 Å². The van der Waals surface area contributed by atoms with Gasteiger partial charge in [-0.3, -0.25) is 4.79 Å². The molecule has 1 aromatic carbocycles. The van der Waals surface area contributed by atoms with Gasteiger partial charge in [0.1, 0.15) is 0 Å². The van der Waals surface area contributed by atoms with E-state index in [9.17, 15) is 9.59 Å². The van der Waals surface area contributed by atoms with Gasteiger partial charge in [-0.05, 0) is 19.1 Å². The van der Waals surface area contributed by atoms with Crippen LogP contribution in [-0.2, 0) is 15.3 Å². The van der Waals surface area contributed by atoms with E-state index in [0.717, 1.165) is 10.6 Å². The summed E-state index contributed by atoms with van der Waals surface area (Å²) >= 11 is 3.06. The van der Waals surface area contributed by atoms with Gasteiger partial charge in [-0.15, -0.1) is 23.1 Å². The molecule has 22 heavy (non-hydrogen) atoms. The molecule has 0 radical (unpaired) electrons. The highest BCUT2D eigenvalue weighted by Gasteiger charge is 2.14. The molecule has 0 fully saturated rings. The Balaban J connectivity index is 1.97. The molecular formula is C15H16N2O3S2. The largest absolute Gasteiger partial charge is 0.452 e. The zero-order valence-electron chi connectivity index (χ0n) is 12.1. The van der Waals surface area contributed by atoms with Crippen LogP contribution in [0.5, 0.6) is 0 Å². The molecule has 0 aliphatic heterocycles. The minimum Gasteiger partial charge on any atom is -0.452 e. The van der Waals surface area contributed by atoms with Gasteiger partial charge in [0.05, 0.1) is 16.8 Å². The van der Waals surface area contributed by atoms with Crippen molar-refractivity contribution in [3.8, 4) is 0 Å². The highest BCUT2D eigenvalue weighted by Crippen LogP contribution is 2.26. The maximum absolute atomic E-state index is 12.1. The number of esters is 1. The fourth-order valence-corrected chi connectivity index (χ4v) is 3.29. The lowest BCUT2D eigenvalue weighted by Gasteiger charge is -2.08. The van der Waals surface area contributed by atoms with Crippen LogP contribution in [0.2, 0.25) is 0 Å². The maximum Gasteiger partial charge on any atom is 0.339 e. The van der Waals surface area contributed by atoms with Gasteiger partial charge in [0.25, 0.3) is 5.91 Å². The average Bonchev–Trinajstić information content (AvgIpc) is 3.04. The molecule has 0 unspecified atom stereocenters. The first-order valence-electron chi connectivity index (χ1n) is 6.73. The Hall–Kier alpha value is -1.86. The number of carbonyl (C=O) groups is 2. The average molecular weight is 336 g/mol. The predicted octanol–water partition coefficient (Wildman–Crippen LogP) is 2.73. The Bertz CT molecular complexity index is 629. The van der Waals surface area contributed by atoms with Crippen molar-refractivity contribution in [3.05, 3.63) is 46.4 Å². The number of amides is 1. The van der Waals surface area contributed by atoms with Crippen molar-refractivity contribution in [2.24, 2.45) is 0 Å². The van der Waals surface area contributed by atoms with Crippen molar-refractivity contribution < 1.29 is 14.3 Å². The number of nitrogens with zero attached hydrogens (tertiary/aromatic N) is 1. The first-order chi connectivity index (χ1) is 10.7. The van der Waals surface area contributed by atoms with Crippen LogP contribution in [0.3, 0.4) is 0 Å². The molecule has 0 aliphatic rings. The normalized spacial score (nSPS) is 10.2. The van der Waals surface area contributed by atoms with E-state index in [-0.39, 0.29) is 12.5 Å². The highest BCUT2D eigenvalue weighted by atomic mass is 32.2. The molecule has 116 valence electrons. The second kappa shape index (κ2) is 8.55. The minimum atomic E-state index is -0.493. The van der Waals surface area contributed by atoms with Crippen LogP contribution >= 0.6 is 23.1 Å². The maximum atomic E-state index is 12.1. The number of ether oxygens (including phenoxy) is 1. The van der Waals surface area contributed by atoms with Crippen molar-refractivity contribution in [2.45, 2.75) is 17.6 Å². The summed E-state index contributed by atoms with van der Waals surface area (Å²) in [6, 6.07) is 7.20. The Morgan fingerprint density at radius 3 is 2.91 bits per heavy atom. The van der Waals surface area contributed by atoms with Crippen molar-refractivity contribution in [1.82, 2.24) is 10.3 Å². The van der Waals surface area contributed by atoms with Crippen molar-refractivity contribution in [2.75, 3.05) is 13.2 Å². The summed E-state index contributed by atoms with van der Waals surface area (Å²) in [5, 5.41) is 4.56. The second-order valence-corrected chi connectivity index (χ2v) is 6.03. The summed E-state index contributed by atoms with van der Waals surface area (Å²) in [7, 11) is 0. The van der Waals surface area contributed by atoms with Crippen molar-refractivity contribution in [1.29, 1.82) is 0 Å². The first-order valence-corrected chi connectivity index (χ1v) is 8.66. The zero-order valence-corrected chi connectivity index (χ0v) is 13.7. The van der Waals surface area contributed by atoms with E-state index in [4.69, 9.17) is 4.74 Å². The van der Waals surface area contributed by atoms with Gasteiger partial charge in [0, 0.05) is 22.6 Å². The van der Waals surface area contributed by atoms with Gasteiger partial charge in [0.2, 0.25) is 0 Å². The fraction of sp³-hybridized carbons (Fsp3) is 0.267. The molecule has 7 heteroatoms. The zero-order chi connectivity index (χ0) is 15.8. The van der Waals surface area contributed by atoms with E-state index < -0.39 is 5.97 Å². The van der Waals surface area contributed by atoms with Crippen LogP contribution in [0.15, 0.2) is 40.1 Å². The van der Waals surface area contributed by atoms with Gasteiger partial charge in [0.15, 0.2) is 6.61 Å². The molecule has 0 saturated heterocycles. The van der Waals surface area contributed by atoms with Crippen LogP contribution in [0.1, 0.15) is 23.0 Å². The number of likely N-dealkylation sites (N-methyl/N-ethyl adjacent to an activating group) is 1. The Labute approximate surface area is 137 Å². The molecular weight excluding hydrogens is 320 g/mol. The minimum absolute atomic E-state index is 0.266. The van der Waals surface area contributed by atoms with E-state index in [1.165, 1.54) is 11.8 Å². The molecule has 1 amide bonds. The third-order valence-corrected chi connectivity index (χ3v) is 4.42.